The highest BCUT2D eigenvalue weighted by Gasteiger charge is 2.23. The summed E-state index contributed by atoms with van der Waals surface area (Å²) >= 11 is 0. The van der Waals surface area contributed by atoms with Gasteiger partial charge in [-0.05, 0) is 50.9 Å². The van der Waals surface area contributed by atoms with E-state index in [9.17, 15) is 4.79 Å². The molecule has 0 radical (unpaired) electrons. The number of aromatic nitrogens is 4. The molecule has 2 aromatic rings. The molecule has 0 saturated carbocycles. The molecule has 25 heavy (non-hydrogen) atoms. The van der Waals surface area contributed by atoms with E-state index < -0.39 is 0 Å². The molecule has 7 nitrogen and oxygen atoms in total. The Labute approximate surface area is 147 Å². The number of nitrogens with zero attached hydrogens (tertiary/aromatic N) is 5. The summed E-state index contributed by atoms with van der Waals surface area (Å²) in [5.74, 6) is 2.01. The first-order valence-electron chi connectivity index (χ1n) is 9.14. The quantitative estimate of drug-likeness (QED) is 0.907. The summed E-state index contributed by atoms with van der Waals surface area (Å²) in [4.78, 5) is 18.7. The van der Waals surface area contributed by atoms with Crippen molar-refractivity contribution in [3.05, 3.63) is 30.4 Å². The molecule has 2 aliphatic rings. The lowest BCUT2D eigenvalue weighted by Gasteiger charge is -2.19. The predicted octanol–water partition coefficient (Wildman–Crippen LogP) is 1.26. The van der Waals surface area contributed by atoms with E-state index in [1.165, 1.54) is 12.8 Å². The van der Waals surface area contributed by atoms with E-state index in [1.807, 2.05) is 18.3 Å². The Morgan fingerprint density at radius 1 is 1.20 bits per heavy atom. The van der Waals surface area contributed by atoms with E-state index in [4.69, 9.17) is 0 Å². The van der Waals surface area contributed by atoms with Crippen LogP contribution in [0.15, 0.2) is 24.5 Å². The van der Waals surface area contributed by atoms with Crippen LogP contribution in [0, 0.1) is 0 Å². The third-order valence-corrected chi connectivity index (χ3v) is 5.10. The van der Waals surface area contributed by atoms with Gasteiger partial charge in [-0.1, -0.05) is 0 Å². The van der Waals surface area contributed by atoms with Gasteiger partial charge in [0.25, 0.3) is 0 Å². The monoisotopic (exact) mass is 340 g/mol. The number of amides is 1. The number of rotatable bonds is 4. The molecule has 4 heterocycles. The smallest absolute Gasteiger partial charge is 0.234 e. The lowest BCUT2D eigenvalue weighted by Crippen LogP contribution is -2.41. The van der Waals surface area contributed by atoms with Gasteiger partial charge in [0.05, 0.1) is 6.54 Å². The molecule has 0 bridgehead atoms. The molecule has 1 fully saturated rings. The minimum Gasteiger partial charge on any atom is -0.352 e. The van der Waals surface area contributed by atoms with Gasteiger partial charge >= 0.3 is 0 Å². The maximum atomic E-state index is 12.3. The van der Waals surface area contributed by atoms with Crippen LogP contribution in [0.5, 0.6) is 0 Å². The zero-order valence-corrected chi connectivity index (χ0v) is 14.4. The second kappa shape index (κ2) is 7.31. The van der Waals surface area contributed by atoms with Crippen LogP contribution < -0.4 is 5.32 Å². The maximum absolute atomic E-state index is 12.3. The van der Waals surface area contributed by atoms with Gasteiger partial charge in [-0.2, -0.15) is 0 Å². The molecule has 7 heteroatoms. The van der Waals surface area contributed by atoms with Crippen LogP contribution >= 0.6 is 0 Å². The SMILES string of the molecule is O=C(CN1CCCC1)NC1CCc2nnc(-c3cccnc3)n2CC1. The van der Waals surface area contributed by atoms with Crippen molar-refractivity contribution in [3.8, 4) is 11.4 Å². The number of hydrogen-bond donors (Lipinski definition) is 1. The van der Waals surface area contributed by atoms with Crippen molar-refractivity contribution in [2.24, 2.45) is 0 Å². The molecule has 1 N–H and O–H groups in total. The second-order valence-electron chi connectivity index (χ2n) is 6.91. The predicted molar refractivity (Wildman–Crippen MR) is 93.8 cm³/mol. The van der Waals surface area contributed by atoms with Crippen molar-refractivity contribution < 1.29 is 4.79 Å². The number of likely N-dealkylation sites (tertiary alicyclic amines) is 1. The zero-order chi connectivity index (χ0) is 17.1. The maximum Gasteiger partial charge on any atom is 0.234 e. The van der Waals surface area contributed by atoms with E-state index in [2.05, 4.69) is 30.0 Å². The van der Waals surface area contributed by atoms with Gasteiger partial charge < -0.3 is 9.88 Å². The van der Waals surface area contributed by atoms with Gasteiger partial charge in [0, 0.05) is 37.0 Å². The molecule has 1 saturated heterocycles. The van der Waals surface area contributed by atoms with Crippen molar-refractivity contribution in [2.75, 3.05) is 19.6 Å². The molecule has 132 valence electrons. The lowest BCUT2D eigenvalue weighted by molar-refractivity contribution is -0.122. The van der Waals surface area contributed by atoms with Crippen LogP contribution in [0.3, 0.4) is 0 Å². The number of fused-ring (bicyclic) bond motifs is 1. The first-order chi connectivity index (χ1) is 12.3. The number of hydrogen-bond acceptors (Lipinski definition) is 5. The second-order valence-corrected chi connectivity index (χ2v) is 6.91. The van der Waals surface area contributed by atoms with Crippen LogP contribution in [0.2, 0.25) is 0 Å². The van der Waals surface area contributed by atoms with Crippen molar-refractivity contribution in [2.45, 2.75) is 44.7 Å². The Bertz CT molecular complexity index is 722. The van der Waals surface area contributed by atoms with Crippen LogP contribution in [-0.2, 0) is 17.8 Å². The van der Waals surface area contributed by atoms with Gasteiger partial charge in [0.15, 0.2) is 5.82 Å². The fourth-order valence-corrected chi connectivity index (χ4v) is 3.76. The van der Waals surface area contributed by atoms with Gasteiger partial charge in [0.2, 0.25) is 5.91 Å². The van der Waals surface area contributed by atoms with E-state index in [-0.39, 0.29) is 11.9 Å². The summed E-state index contributed by atoms with van der Waals surface area (Å²) in [6.45, 7) is 3.45. The normalized spacial score (nSPS) is 20.9. The topological polar surface area (TPSA) is 75.9 Å². The Kier molecular flexibility index (Phi) is 4.74. The van der Waals surface area contributed by atoms with E-state index >= 15 is 0 Å². The van der Waals surface area contributed by atoms with Crippen molar-refractivity contribution in [1.82, 2.24) is 30.0 Å². The molecule has 1 atom stereocenters. The molecule has 4 rings (SSSR count). The fraction of sp³-hybridized carbons (Fsp3) is 0.556. The number of carbonyl (C=O) groups excluding carboxylic acids is 1. The Hall–Kier alpha value is -2.28. The zero-order valence-electron chi connectivity index (χ0n) is 14.4. The minimum absolute atomic E-state index is 0.150. The van der Waals surface area contributed by atoms with Crippen LogP contribution in [0.25, 0.3) is 11.4 Å². The van der Waals surface area contributed by atoms with Crippen LogP contribution in [0.1, 0.15) is 31.5 Å². The molecule has 0 aromatic carbocycles. The van der Waals surface area contributed by atoms with Crippen LogP contribution in [-0.4, -0.2) is 56.2 Å². The summed E-state index contributed by atoms with van der Waals surface area (Å²) in [6.07, 6.45) is 8.65. The van der Waals surface area contributed by atoms with Crippen LogP contribution in [0.4, 0.5) is 0 Å². The standard InChI is InChI=1S/C18H24N6O/c25-17(13-23-9-1-2-10-23)20-15-5-6-16-21-22-18(24(16)11-7-15)14-4-3-8-19-12-14/h3-4,8,12,15H,1-2,5-7,9-11,13H2,(H,20,25). The average molecular weight is 340 g/mol. The van der Waals surface area contributed by atoms with Crippen molar-refractivity contribution >= 4 is 5.91 Å². The number of carbonyl (C=O) groups is 1. The third kappa shape index (κ3) is 3.71. The minimum atomic E-state index is 0.150. The van der Waals surface area contributed by atoms with E-state index in [0.717, 1.165) is 56.1 Å². The Morgan fingerprint density at radius 2 is 2.08 bits per heavy atom. The summed E-state index contributed by atoms with van der Waals surface area (Å²) in [5, 5.41) is 11.9. The number of pyridine rings is 1. The first kappa shape index (κ1) is 16.2. The highest BCUT2D eigenvalue weighted by Crippen LogP contribution is 2.22. The summed E-state index contributed by atoms with van der Waals surface area (Å²) in [5.41, 5.74) is 0.984. The molecular formula is C18H24N6O. The lowest BCUT2D eigenvalue weighted by atomic mass is 10.1. The highest BCUT2D eigenvalue weighted by atomic mass is 16.2. The average Bonchev–Trinajstić information content (AvgIpc) is 3.23. The van der Waals surface area contributed by atoms with E-state index in [1.54, 1.807) is 6.20 Å². The molecule has 2 aliphatic heterocycles. The van der Waals surface area contributed by atoms with Gasteiger partial charge in [-0.15, -0.1) is 10.2 Å². The number of aryl methyl sites for hydroxylation is 1. The first-order valence-corrected chi connectivity index (χ1v) is 9.14. The number of nitrogens with one attached hydrogen (secondary N) is 1. The van der Waals surface area contributed by atoms with Gasteiger partial charge in [0.1, 0.15) is 5.82 Å². The Balaban J connectivity index is 1.39. The summed E-state index contributed by atoms with van der Waals surface area (Å²) < 4.78 is 2.17. The molecule has 2 aromatic heterocycles. The third-order valence-electron chi connectivity index (χ3n) is 5.10. The fourth-order valence-electron chi connectivity index (χ4n) is 3.76. The van der Waals surface area contributed by atoms with Gasteiger partial charge in [-0.25, -0.2) is 0 Å². The largest absolute Gasteiger partial charge is 0.352 e. The van der Waals surface area contributed by atoms with E-state index in [0.29, 0.717) is 6.54 Å². The molecule has 0 spiro atoms. The summed E-state index contributed by atoms with van der Waals surface area (Å²) in [6, 6.07) is 4.12. The summed E-state index contributed by atoms with van der Waals surface area (Å²) in [7, 11) is 0. The molecule has 1 amide bonds. The Morgan fingerprint density at radius 3 is 2.88 bits per heavy atom. The van der Waals surface area contributed by atoms with Crippen molar-refractivity contribution in [1.29, 1.82) is 0 Å². The highest BCUT2D eigenvalue weighted by molar-refractivity contribution is 5.78. The molecule has 1 unspecified atom stereocenters. The van der Waals surface area contributed by atoms with Crippen molar-refractivity contribution in [3.63, 3.8) is 0 Å². The molecular weight excluding hydrogens is 316 g/mol. The van der Waals surface area contributed by atoms with Gasteiger partial charge in [-0.3, -0.25) is 14.7 Å². The molecule has 0 aliphatic carbocycles.